The summed E-state index contributed by atoms with van der Waals surface area (Å²) >= 11 is 0. The van der Waals surface area contributed by atoms with E-state index in [2.05, 4.69) is 15.4 Å². The van der Waals surface area contributed by atoms with Gasteiger partial charge in [-0.2, -0.15) is 0 Å². The second kappa shape index (κ2) is 10.4. The van der Waals surface area contributed by atoms with Crippen molar-refractivity contribution in [2.45, 2.75) is 11.3 Å². The first kappa shape index (κ1) is 22.8. The summed E-state index contributed by atoms with van der Waals surface area (Å²) in [5.74, 6) is -0.266. The van der Waals surface area contributed by atoms with Crippen LogP contribution in [-0.2, 0) is 10.0 Å². The van der Waals surface area contributed by atoms with E-state index in [0.717, 1.165) is 18.2 Å². The minimum atomic E-state index is -4.01. The molecule has 10 heteroatoms. The molecule has 0 saturated carbocycles. The monoisotopic (exact) mass is 454 g/mol. The fraction of sp³-hybridized carbons (Fsp3) is 0.136. The molecule has 1 amide bonds. The van der Waals surface area contributed by atoms with Crippen LogP contribution in [0.1, 0.15) is 16.8 Å². The predicted molar refractivity (Wildman–Crippen MR) is 122 cm³/mol. The van der Waals surface area contributed by atoms with Crippen molar-refractivity contribution in [2.75, 3.05) is 23.1 Å². The predicted octanol–water partition coefficient (Wildman–Crippen LogP) is 3.63. The highest BCUT2D eigenvalue weighted by atomic mass is 32.2. The lowest BCUT2D eigenvalue weighted by atomic mass is 10.2. The fourth-order valence-corrected chi connectivity index (χ4v) is 3.95. The van der Waals surface area contributed by atoms with E-state index in [1.807, 2.05) is 30.3 Å². The molecular weight excluding hydrogens is 432 g/mol. The summed E-state index contributed by atoms with van der Waals surface area (Å²) in [4.78, 5) is 22.2. The minimum absolute atomic E-state index is 0.224. The summed E-state index contributed by atoms with van der Waals surface area (Å²) in [7, 11) is -4.01. The zero-order valence-electron chi connectivity index (χ0n) is 17.0. The molecule has 0 fully saturated rings. The number of carbonyl (C=O) groups is 1. The molecule has 0 saturated heterocycles. The lowest BCUT2D eigenvalue weighted by Gasteiger charge is -2.10. The number of rotatable bonds is 10. The topological polar surface area (TPSA) is 130 Å². The van der Waals surface area contributed by atoms with E-state index in [1.165, 1.54) is 42.5 Å². The van der Waals surface area contributed by atoms with Gasteiger partial charge in [0.25, 0.3) is 21.6 Å². The summed E-state index contributed by atoms with van der Waals surface area (Å²) in [6.45, 7) is 1.20. The van der Waals surface area contributed by atoms with E-state index in [4.69, 9.17) is 0 Å². The molecule has 0 atom stereocenters. The molecule has 0 unspecified atom stereocenters. The Morgan fingerprint density at radius 1 is 0.875 bits per heavy atom. The first-order chi connectivity index (χ1) is 15.3. The Morgan fingerprint density at radius 3 is 2.28 bits per heavy atom. The van der Waals surface area contributed by atoms with Gasteiger partial charge in [-0.3, -0.25) is 19.6 Å². The Morgan fingerprint density at radius 2 is 1.59 bits per heavy atom. The molecule has 0 aliphatic rings. The van der Waals surface area contributed by atoms with E-state index in [0.29, 0.717) is 18.7 Å². The summed E-state index contributed by atoms with van der Waals surface area (Å²) in [5, 5.41) is 16.9. The molecule has 0 heterocycles. The first-order valence-corrected chi connectivity index (χ1v) is 11.3. The molecule has 0 aliphatic heterocycles. The Balaban J connectivity index is 1.51. The molecule has 3 rings (SSSR count). The molecule has 3 aromatic rings. The average molecular weight is 455 g/mol. The second-order valence-electron chi connectivity index (χ2n) is 6.84. The number of nitrogens with one attached hydrogen (secondary N) is 3. The van der Waals surface area contributed by atoms with Crippen molar-refractivity contribution in [3.63, 3.8) is 0 Å². The van der Waals surface area contributed by atoms with Crippen molar-refractivity contribution in [2.24, 2.45) is 0 Å². The Hall–Kier alpha value is -3.92. The third-order valence-electron chi connectivity index (χ3n) is 4.48. The van der Waals surface area contributed by atoms with Crippen molar-refractivity contribution in [1.82, 2.24) is 5.32 Å². The highest BCUT2D eigenvalue weighted by molar-refractivity contribution is 7.92. The number of sulfonamides is 1. The zero-order valence-corrected chi connectivity index (χ0v) is 17.8. The van der Waals surface area contributed by atoms with Crippen molar-refractivity contribution in [3.8, 4) is 0 Å². The number of nitro groups is 1. The molecule has 0 bridgehead atoms. The SMILES string of the molecule is O=C(NCCCNc1ccccc1)c1ccc(NS(=O)(=O)c2cccc([N+](=O)[O-])c2)cc1. The quantitative estimate of drug-likeness (QED) is 0.244. The van der Waals surface area contributed by atoms with Crippen LogP contribution < -0.4 is 15.4 Å². The van der Waals surface area contributed by atoms with E-state index >= 15 is 0 Å². The standard InChI is InChI=1S/C22H22N4O5S/c27-22(24-15-5-14-23-18-6-2-1-3-7-18)17-10-12-19(13-11-17)25-32(30,31)21-9-4-8-20(16-21)26(28)29/h1-4,6-13,16,23,25H,5,14-15H2,(H,24,27). The summed E-state index contributed by atoms with van der Waals surface area (Å²) in [6, 6.07) is 20.4. The van der Waals surface area contributed by atoms with Gasteiger partial charge in [0.05, 0.1) is 9.82 Å². The maximum Gasteiger partial charge on any atom is 0.270 e. The van der Waals surface area contributed by atoms with Crippen LogP contribution in [0, 0.1) is 10.1 Å². The molecule has 0 radical (unpaired) electrons. The number of hydrogen-bond donors (Lipinski definition) is 3. The Kier molecular flexibility index (Phi) is 7.40. The number of amides is 1. The van der Waals surface area contributed by atoms with Gasteiger partial charge in [0.1, 0.15) is 0 Å². The van der Waals surface area contributed by atoms with Crippen LogP contribution in [0.5, 0.6) is 0 Å². The number of non-ortho nitro benzene ring substituents is 1. The molecule has 32 heavy (non-hydrogen) atoms. The number of nitro benzene ring substituents is 1. The molecule has 166 valence electrons. The minimum Gasteiger partial charge on any atom is -0.385 e. The number of nitrogens with zero attached hydrogens (tertiary/aromatic N) is 1. The van der Waals surface area contributed by atoms with E-state index in [-0.39, 0.29) is 22.2 Å². The maximum absolute atomic E-state index is 12.5. The molecule has 0 aliphatic carbocycles. The van der Waals surface area contributed by atoms with Gasteiger partial charge in [0.15, 0.2) is 0 Å². The third-order valence-corrected chi connectivity index (χ3v) is 5.86. The maximum atomic E-state index is 12.5. The number of carbonyl (C=O) groups excluding carboxylic acids is 1. The molecular formula is C22H22N4O5S. The van der Waals surface area contributed by atoms with Crippen molar-refractivity contribution >= 4 is 33.0 Å². The number of para-hydroxylation sites is 1. The highest BCUT2D eigenvalue weighted by Crippen LogP contribution is 2.20. The van der Waals surface area contributed by atoms with Crippen LogP contribution in [0.3, 0.4) is 0 Å². The van der Waals surface area contributed by atoms with E-state index in [9.17, 15) is 23.3 Å². The molecule has 3 N–H and O–H groups in total. The van der Waals surface area contributed by atoms with Crippen LogP contribution in [0.4, 0.5) is 17.1 Å². The summed E-state index contributed by atoms with van der Waals surface area (Å²) in [5.41, 5.74) is 1.32. The van der Waals surface area contributed by atoms with Gasteiger partial charge in [-0.1, -0.05) is 24.3 Å². The highest BCUT2D eigenvalue weighted by Gasteiger charge is 2.18. The van der Waals surface area contributed by atoms with Crippen LogP contribution in [0.15, 0.2) is 83.8 Å². The van der Waals surface area contributed by atoms with Crippen LogP contribution >= 0.6 is 0 Å². The normalized spacial score (nSPS) is 10.9. The second-order valence-corrected chi connectivity index (χ2v) is 8.52. The first-order valence-electron chi connectivity index (χ1n) is 9.79. The summed E-state index contributed by atoms with van der Waals surface area (Å²) in [6.07, 6.45) is 0.738. The van der Waals surface area contributed by atoms with E-state index < -0.39 is 14.9 Å². The number of anilines is 2. The van der Waals surface area contributed by atoms with Crippen LogP contribution in [-0.4, -0.2) is 32.3 Å². The van der Waals surface area contributed by atoms with Crippen molar-refractivity contribution in [1.29, 1.82) is 0 Å². The smallest absolute Gasteiger partial charge is 0.270 e. The summed E-state index contributed by atoms with van der Waals surface area (Å²) < 4.78 is 27.3. The van der Waals surface area contributed by atoms with Crippen LogP contribution in [0.2, 0.25) is 0 Å². The third kappa shape index (κ3) is 6.29. The lowest BCUT2D eigenvalue weighted by molar-refractivity contribution is -0.385. The fourth-order valence-electron chi connectivity index (χ4n) is 2.85. The largest absolute Gasteiger partial charge is 0.385 e. The Labute approximate surface area is 185 Å². The van der Waals surface area contributed by atoms with Crippen molar-refractivity contribution in [3.05, 3.63) is 94.5 Å². The molecule has 9 nitrogen and oxygen atoms in total. The zero-order chi connectivity index (χ0) is 23.0. The molecule has 0 aromatic heterocycles. The van der Waals surface area contributed by atoms with Gasteiger partial charge in [-0.25, -0.2) is 8.42 Å². The van der Waals surface area contributed by atoms with Gasteiger partial charge in [0, 0.05) is 42.2 Å². The van der Waals surface area contributed by atoms with Gasteiger partial charge in [0.2, 0.25) is 0 Å². The van der Waals surface area contributed by atoms with Crippen molar-refractivity contribution < 1.29 is 18.1 Å². The number of benzene rings is 3. The van der Waals surface area contributed by atoms with Gasteiger partial charge >= 0.3 is 0 Å². The van der Waals surface area contributed by atoms with E-state index in [1.54, 1.807) is 0 Å². The molecule has 0 spiro atoms. The number of hydrogen-bond acceptors (Lipinski definition) is 6. The average Bonchev–Trinajstić information content (AvgIpc) is 2.79. The molecule has 3 aromatic carbocycles. The van der Waals surface area contributed by atoms with Crippen LogP contribution in [0.25, 0.3) is 0 Å². The van der Waals surface area contributed by atoms with Gasteiger partial charge in [-0.05, 0) is 48.9 Å². The lowest BCUT2D eigenvalue weighted by Crippen LogP contribution is -2.25. The van der Waals surface area contributed by atoms with Gasteiger partial charge < -0.3 is 10.6 Å². The Bertz CT molecular complexity index is 1180. The van der Waals surface area contributed by atoms with Gasteiger partial charge in [-0.15, -0.1) is 0 Å².